The predicted octanol–water partition coefficient (Wildman–Crippen LogP) is 0.953. The molecule has 1 amide bonds. The van der Waals surface area contributed by atoms with Gasteiger partial charge in [-0.3, -0.25) is 4.79 Å². The van der Waals surface area contributed by atoms with E-state index in [4.69, 9.17) is 5.73 Å². The van der Waals surface area contributed by atoms with Crippen LogP contribution in [0.4, 0.5) is 0 Å². The highest BCUT2D eigenvalue weighted by atomic mass is 16.3. The van der Waals surface area contributed by atoms with Gasteiger partial charge in [-0.15, -0.1) is 0 Å². The molecule has 0 aromatic rings. The quantitative estimate of drug-likeness (QED) is 0.793. The average Bonchev–Trinajstić information content (AvgIpc) is 2.46. The molecule has 2 rings (SSSR count). The molecule has 1 saturated carbocycles. The van der Waals surface area contributed by atoms with Crippen LogP contribution in [-0.4, -0.2) is 65.7 Å². The van der Waals surface area contributed by atoms with Gasteiger partial charge in [0.05, 0.1) is 6.61 Å². The minimum Gasteiger partial charge on any atom is -0.395 e. The third kappa shape index (κ3) is 4.66. The molecule has 5 heteroatoms. The Hall–Kier alpha value is -0.650. The first-order chi connectivity index (χ1) is 10.0. The molecule has 0 aromatic carbocycles. The van der Waals surface area contributed by atoms with E-state index in [0.717, 1.165) is 51.6 Å². The number of piperidine rings is 1. The standard InChI is InChI=1S/C16H31N3O2/c1-18-9-5-14(6-10-18)19(11-12-20)15(21)13-16(17)7-3-2-4-8-16/h14,20H,2-13,17H2,1H3. The molecule has 0 atom stereocenters. The van der Waals surface area contributed by atoms with Crippen molar-refractivity contribution in [3.05, 3.63) is 0 Å². The Kier molecular flexibility index (Phi) is 6.02. The van der Waals surface area contributed by atoms with Gasteiger partial charge in [-0.25, -0.2) is 0 Å². The molecule has 0 aromatic heterocycles. The molecule has 5 nitrogen and oxygen atoms in total. The molecule has 0 spiro atoms. The Morgan fingerprint density at radius 2 is 1.90 bits per heavy atom. The van der Waals surface area contributed by atoms with Crippen molar-refractivity contribution in [3.63, 3.8) is 0 Å². The molecule has 1 saturated heterocycles. The summed E-state index contributed by atoms with van der Waals surface area (Å²) in [5.74, 6) is 0.142. The molecule has 122 valence electrons. The minimum atomic E-state index is -0.311. The molecular weight excluding hydrogens is 266 g/mol. The summed E-state index contributed by atoms with van der Waals surface area (Å²) in [6.07, 6.45) is 7.87. The largest absolute Gasteiger partial charge is 0.395 e. The Balaban J connectivity index is 1.94. The summed E-state index contributed by atoms with van der Waals surface area (Å²) in [5.41, 5.74) is 6.12. The number of aliphatic hydroxyl groups is 1. The summed E-state index contributed by atoms with van der Waals surface area (Å²) in [6.45, 7) is 2.53. The van der Waals surface area contributed by atoms with Gasteiger partial charge in [-0.2, -0.15) is 0 Å². The van der Waals surface area contributed by atoms with Crippen molar-refractivity contribution < 1.29 is 9.90 Å². The molecule has 2 aliphatic rings. The van der Waals surface area contributed by atoms with Crippen LogP contribution in [0.1, 0.15) is 51.4 Å². The number of nitrogens with zero attached hydrogens (tertiary/aromatic N) is 2. The zero-order valence-electron chi connectivity index (χ0n) is 13.4. The maximum Gasteiger partial charge on any atom is 0.224 e. The van der Waals surface area contributed by atoms with Crippen LogP contribution in [0.3, 0.4) is 0 Å². The zero-order chi connectivity index (χ0) is 15.3. The molecule has 1 aliphatic carbocycles. The first kappa shape index (κ1) is 16.7. The first-order valence-electron chi connectivity index (χ1n) is 8.42. The van der Waals surface area contributed by atoms with Crippen molar-refractivity contribution in [2.45, 2.75) is 62.9 Å². The Morgan fingerprint density at radius 3 is 2.48 bits per heavy atom. The Labute approximate surface area is 128 Å². The highest BCUT2D eigenvalue weighted by molar-refractivity contribution is 5.77. The SMILES string of the molecule is CN1CCC(N(CCO)C(=O)CC2(N)CCCCC2)CC1. The van der Waals surface area contributed by atoms with Gasteiger partial charge in [0, 0.05) is 24.5 Å². The summed E-state index contributed by atoms with van der Waals surface area (Å²) >= 11 is 0. The van der Waals surface area contributed by atoms with E-state index in [-0.39, 0.29) is 24.1 Å². The number of rotatable bonds is 5. The lowest BCUT2D eigenvalue weighted by atomic mass is 9.80. The van der Waals surface area contributed by atoms with Crippen molar-refractivity contribution in [1.82, 2.24) is 9.80 Å². The Morgan fingerprint density at radius 1 is 1.29 bits per heavy atom. The van der Waals surface area contributed by atoms with E-state index in [1.54, 1.807) is 0 Å². The van der Waals surface area contributed by atoms with Crippen LogP contribution >= 0.6 is 0 Å². The monoisotopic (exact) mass is 297 g/mol. The van der Waals surface area contributed by atoms with Gasteiger partial charge in [-0.05, 0) is 45.8 Å². The Bertz CT molecular complexity index is 334. The summed E-state index contributed by atoms with van der Waals surface area (Å²) in [5, 5.41) is 9.30. The van der Waals surface area contributed by atoms with Gasteiger partial charge in [0.15, 0.2) is 0 Å². The van der Waals surface area contributed by atoms with Crippen LogP contribution in [0.5, 0.6) is 0 Å². The van der Waals surface area contributed by atoms with Crippen molar-refractivity contribution in [2.24, 2.45) is 5.73 Å². The zero-order valence-corrected chi connectivity index (χ0v) is 13.4. The normalized spacial score (nSPS) is 24.0. The molecule has 1 heterocycles. The number of amides is 1. The van der Waals surface area contributed by atoms with Crippen molar-refractivity contribution in [3.8, 4) is 0 Å². The summed E-state index contributed by atoms with van der Waals surface area (Å²) < 4.78 is 0. The van der Waals surface area contributed by atoms with Crippen LogP contribution in [0.25, 0.3) is 0 Å². The molecule has 1 aliphatic heterocycles. The van der Waals surface area contributed by atoms with Gasteiger partial charge in [0.1, 0.15) is 0 Å². The van der Waals surface area contributed by atoms with Gasteiger partial charge in [0.2, 0.25) is 5.91 Å². The third-order valence-corrected chi connectivity index (χ3v) is 5.14. The second-order valence-corrected chi connectivity index (χ2v) is 6.94. The lowest BCUT2D eigenvalue weighted by Crippen LogP contribution is -2.52. The molecular formula is C16H31N3O2. The number of nitrogens with two attached hydrogens (primary N) is 1. The fraction of sp³-hybridized carbons (Fsp3) is 0.938. The summed E-state index contributed by atoms with van der Waals surface area (Å²) in [6, 6.07) is 0.271. The van der Waals surface area contributed by atoms with Gasteiger partial charge >= 0.3 is 0 Å². The first-order valence-corrected chi connectivity index (χ1v) is 8.42. The fourth-order valence-corrected chi connectivity index (χ4v) is 3.76. The van der Waals surface area contributed by atoms with Gasteiger partial charge < -0.3 is 20.6 Å². The molecule has 2 fully saturated rings. The molecule has 21 heavy (non-hydrogen) atoms. The van der Waals surface area contributed by atoms with Crippen LogP contribution in [0, 0.1) is 0 Å². The van der Waals surface area contributed by atoms with E-state index in [0.29, 0.717) is 13.0 Å². The predicted molar refractivity (Wildman–Crippen MR) is 83.9 cm³/mol. The average molecular weight is 297 g/mol. The smallest absolute Gasteiger partial charge is 0.224 e. The highest BCUT2D eigenvalue weighted by Gasteiger charge is 2.34. The van der Waals surface area contributed by atoms with Crippen LogP contribution in [-0.2, 0) is 4.79 Å². The van der Waals surface area contributed by atoms with Gasteiger partial charge in [-0.1, -0.05) is 19.3 Å². The van der Waals surface area contributed by atoms with E-state index in [1.165, 1.54) is 6.42 Å². The third-order valence-electron chi connectivity index (χ3n) is 5.14. The highest BCUT2D eigenvalue weighted by Crippen LogP contribution is 2.30. The second-order valence-electron chi connectivity index (χ2n) is 6.94. The number of carbonyl (C=O) groups excluding carboxylic acids is 1. The van der Waals surface area contributed by atoms with Gasteiger partial charge in [0.25, 0.3) is 0 Å². The second kappa shape index (κ2) is 7.56. The van der Waals surface area contributed by atoms with E-state index in [2.05, 4.69) is 11.9 Å². The summed E-state index contributed by atoms with van der Waals surface area (Å²) in [4.78, 5) is 16.9. The molecule has 0 bridgehead atoms. The number of carbonyl (C=O) groups is 1. The maximum atomic E-state index is 12.7. The summed E-state index contributed by atoms with van der Waals surface area (Å²) in [7, 11) is 2.12. The van der Waals surface area contributed by atoms with Crippen LogP contribution in [0.2, 0.25) is 0 Å². The number of likely N-dealkylation sites (tertiary alicyclic amines) is 1. The van der Waals surface area contributed by atoms with Crippen molar-refractivity contribution >= 4 is 5.91 Å². The van der Waals surface area contributed by atoms with E-state index >= 15 is 0 Å². The van der Waals surface area contributed by atoms with Crippen molar-refractivity contribution in [2.75, 3.05) is 33.3 Å². The number of hydrogen-bond donors (Lipinski definition) is 2. The molecule has 0 radical (unpaired) electrons. The fourth-order valence-electron chi connectivity index (χ4n) is 3.76. The molecule has 0 unspecified atom stereocenters. The minimum absolute atomic E-state index is 0.0374. The lowest BCUT2D eigenvalue weighted by molar-refractivity contribution is -0.136. The van der Waals surface area contributed by atoms with Crippen LogP contribution < -0.4 is 5.73 Å². The topological polar surface area (TPSA) is 69.8 Å². The van der Waals surface area contributed by atoms with E-state index < -0.39 is 0 Å². The lowest BCUT2D eigenvalue weighted by Gasteiger charge is -2.40. The molecule has 3 N–H and O–H groups in total. The van der Waals surface area contributed by atoms with E-state index in [9.17, 15) is 9.90 Å². The number of aliphatic hydroxyl groups excluding tert-OH is 1. The van der Waals surface area contributed by atoms with Crippen LogP contribution in [0.15, 0.2) is 0 Å². The number of hydrogen-bond acceptors (Lipinski definition) is 4. The maximum absolute atomic E-state index is 12.7. The van der Waals surface area contributed by atoms with E-state index in [1.807, 2.05) is 4.90 Å². The van der Waals surface area contributed by atoms with Crippen molar-refractivity contribution in [1.29, 1.82) is 0 Å².